The summed E-state index contributed by atoms with van der Waals surface area (Å²) in [6.45, 7) is 5.52. The van der Waals surface area contributed by atoms with Crippen LogP contribution in [0.15, 0.2) is 17.5 Å². The quantitative estimate of drug-likeness (QED) is 0.797. The van der Waals surface area contributed by atoms with Crippen molar-refractivity contribution in [1.29, 1.82) is 0 Å². The van der Waals surface area contributed by atoms with Crippen LogP contribution in [0, 0.1) is 0 Å². The Balaban J connectivity index is 1.61. The van der Waals surface area contributed by atoms with Crippen LogP contribution < -0.4 is 5.32 Å². The van der Waals surface area contributed by atoms with E-state index in [-0.39, 0.29) is 6.04 Å². The van der Waals surface area contributed by atoms with Crippen LogP contribution in [-0.4, -0.2) is 57.0 Å². The van der Waals surface area contributed by atoms with E-state index in [2.05, 4.69) is 27.7 Å². The Morgan fingerprint density at radius 1 is 1.47 bits per heavy atom. The zero-order valence-electron chi connectivity index (χ0n) is 11.3. The van der Waals surface area contributed by atoms with Gasteiger partial charge in [0.15, 0.2) is 9.84 Å². The first-order valence-corrected chi connectivity index (χ1v) is 9.44. The van der Waals surface area contributed by atoms with Gasteiger partial charge >= 0.3 is 0 Å². The summed E-state index contributed by atoms with van der Waals surface area (Å²) in [4.78, 5) is 3.67. The molecule has 1 aromatic rings. The number of nitrogens with zero attached hydrogens (tertiary/aromatic N) is 1. The molecule has 1 aromatic heterocycles. The van der Waals surface area contributed by atoms with Gasteiger partial charge in [-0.25, -0.2) is 8.42 Å². The third-order valence-electron chi connectivity index (χ3n) is 3.51. The Bertz CT molecular complexity index is 471. The molecule has 0 radical (unpaired) electrons. The lowest BCUT2D eigenvalue weighted by atomic mass is 10.3. The van der Waals surface area contributed by atoms with Crippen LogP contribution in [0.5, 0.6) is 0 Å². The number of rotatable bonds is 6. The molecule has 1 aliphatic heterocycles. The lowest BCUT2D eigenvalue weighted by Gasteiger charge is -2.33. The van der Waals surface area contributed by atoms with Gasteiger partial charge < -0.3 is 5.32 Å². The van der Waals surface area contributed by atoms with Crippen LogP contribution in [-0.2, 0) is 16.3 Å². The molecule has 0 spiro atoms. The Morgan fingerprint density at radius 3 is 3.00 bits per heavy atom. The molecule has 108 valence electrons. The van der Waals surface area contributed by atoms with Gasteiger partial charge in [0.1, 0.15) is 0 Å². The molecule has 1 aliphatic rings. The molecule has 4 nitrogen and oxygen atoms in total. The monoisotopic (exact) mass is 302 g/mol. The SMILES string of the molecule is CC1CS(=O)(=O)CCN1CCNCCc1cccs1. The van der Waals surface area contributed by atoms with Crippen molar-refractivity contribution in [3.8, 4) is 0 Å². The largest absolute Gasteiger partial charge is 0.315 e. The lowest BCUT2D eigenvalue weighted by Crippen LogP contribution is -2.49. The second kappa shape index (κ2) is 6.83. The van der Waals surface area contributed by atoms with Crippen molar-refractivity contribution < 1.29 is 8.42 Å². The highest BCUT2D eigenvalue weighted by Crippen LogP contribution is 2.10. The van der Waals surface area contributed by atoms with Crippen LogP contribution in [0.1, 0.15) is 11.8 Å². The lowest BCUT2D eigenvalue weighted by molar-refractivity contribution is 0.227. The fourth-order valence-electron chi connectivity index (χ4n) is 2.38. The van der Waals surface area contributed by atoms with Gasteiger partial charge in [0.2, 0.25) is 0 Å². The molecule has 1 fully saturated rings. The second-order valence-corrected chi connectivity index (χ2v) is 8.34. The summed E-state index contributed by atoms with van der Waals surface area (Å²) in [5.74, 6) is 0.620. The standard InChI is InChI=1S/C13H22N2O2S2/c1-12-11-19(16,17)10-8-15(12)7-6-14-5-4-13-3-2-9-18-13/h2-3,9,12,14H,4-8,10-11H2,1H3. The third kappa shape index (κ3) is 4.87. The first kappa shape index (κ1) is 15.0. The molecule has 1 N–H and O–H groups in total. The van der Waals surface area contributed by atoms with Gasteiger partial charge in [-0.15, -0.1) is 11.3 Å². The molecule has 0 aliphatic carbocycles. The average molecular weight is 302 g/mol. The van der Waals surface area contributed by atoms with Crippen molar-refractivity contribution in [2.75, 3.05) is 37.7 Å². The number of hydrogen-bond donors (Lipinski definition) is 1. The molecular weight excluding hydrogens is 280 g/mol. The van der Waals surface area contributed by atoms with Gasteiger partial charge in [-0.3, -0.25) is 4.90 Å². The van der Waals surface area contributed by atoms with Crippen molar-refractivity contribution in [3.05, 3.63) is 22.4 Å². The normalized spacial score (nSPS) is 23.5. The minimum absolute atomic E-state index is 0.151. The molecule has 2 rings (SSSR count). The second-order valence-electron chi connectivity index (χ2n) is 5.08. The highest BCUT2D eigenvalue weighted by molar-refractivity contribution is 7.91. The Kier molecular flexibility index (Phi) is 5.38. The topological polar surface area (TPSA) is 49.4 Å². The molecule has 1 saturated heterocycles. The summed E-state index contributed by atoms with van der Waals surface area (Å²) in [6, 6.07) is 4.39. The zero-order chi connectivity index (χ0) is 13.7. The van der Waals surface area contributed by atoms with Crippen LogP contribution in [0.4, 0.5) is 0 Å². The molecule has 2 heterocycles. The molecular formula is C13H22N2O2S2. The van der Waals surface area contributed by atoms with Crippen LogP contribution in [0.3, 0.4) is 0 Å². The van der Waals surface area contributed by atoms with Gasteiger partial charge in [0.05, 0.1) is 11.5 Å². The van der Waals surface area contributed by atoms with E-state index >= 15 is 0 Å². The van der Waals surface area contributed by atoms with Crippen molar-refractivity contribution in [2.45, 2.75) is 19.4 Å². The molecule has 0 bridgehead atoms. The highest BCUT2D eigenvalue weighted by atomic mass is 32.2. The molecule has 0 amide bonds. The molecule has 0 saturated carbocycles. The summed E-state index contributed by atoms with van der Waals surface area (Å²) in [6.07, 6.45) is 1.07. The number of nitrogens with one attached hydrogen (secondary N) is 1. The Labute approximate surface area is 119 Å². The van der Waals surface area contributed by atoms with E-state index in [0.29, 0.717) is 18.1 Å². The summed E-state index contributed by atoms with van der Waals surface area (Å²) in [5, 5.41) is 5.53. The minimum atomic E-state index is -2.79. The summed E-state index contributed by atoms with van der Waals surface area (Å²) in [7, 11) is -2.79. The van der Waals surface area contributed by atoms with E-state index < -0.39 is 9.84 Å². The van der Waals surface area contributed by atoms with Crippen molar-refractivity contribution in [2.24, 2.45) is 0 Å². The van der Waals surface area contributed by atoms with Gasteiger partial charge in [0.25, 0.3) is 0 Å². The van der Waals surface area contributed by atoms with Crippen molar-refractivity contribution in [3.63, 3.8) is 0 Å². The van der Waals surface area contributed by atoms with Gasteiger partial charge in [-0.1, -0.05) is 6.07 Å². The highest BCUT2D eigenvalue weighted by Gasteiger charge is 2.27. The van der Waals surface area contributed by atoms with E-state index in [1.165, 1.54) is 4.88 Å². The molecule has 1 atom stereocenters. The summed E-state index contributed by atoms with van der Waals surface area (Å²) < 4.78 is 22.9. The van der Waals surface area contributed by atoms with Crippen molar-refractivity contribution in [1.82, 2.24) is 10.2 Å². The van der Waals surface area contributed by atoms with Gasteiger partial charge in [-0.05, 0) is 24.8 Å². The van der Waals surface area contributed by atoms with Gasteiger partial charge in [-0.2, -0.15) is 0 Å². The van der Waals surface area contributed by atoms with Crippen LogP contribution in [0.2, 0.25) is 0 Å². The van der Waals surface area contributed by atoms with Gasteiger partial charge in [0, 0.05) is 37.1 Å². The smallest absolute Gasteiger partial charge is 0.153 e. The average Bonchev–Trinajstić information content (AvgIpc) is 2.83. The fraction of sp³-hybridized carbons (Fsp3) is 0.692. The van der Waals surface area contributed by atoms with Crippen molar-refractivity contribution >= 4 is 21.2 Å². The van der Waals surface area contributed by atoms with E-state index in [1.807, 2.05) is 6.92 Å². The van der Waals surface area contributed by atoms with E-state index in [4.69, 9.17) is 0 Å². The predicted molar refractivity (Wildman–Crippen MR) is 80.6 cm³/mol. The fourth-order valence-corrected chi connectivity index (χ4v) is 4.71. The number of thiophene rings is 1. The molecule has 1 unspecified atom stereocenters. The van der Waals surface area contributed by atoms with Crippen LogP contribution in [0.25, 0.3) is 0 Å². The van der Waals surface area contributed by atoms with E-state index in [0.717, 1.165) is 26.1 Å². The molecule has 19 heavy (non-hydrogen) atoms. The first-order chi connectivity index (χ1) is 9.07. The number of hydrogen-bond acceptors (Lipinski definition) is 5. The Hall–Kier alpha value is -0.430. The zero-order valence-corrected chi connectivity index (χ0v) is 13.0. The molecule has 6 heteroatoms. The maximum atomic E-state index is 11.5. The summed E-state index contributed by atoms with van der Waals surface area (Å²) in [5.41, 5.74) is 0. The first-order valence-electron chi connectivity index (χ1n) is 6.74. The maximum Gasteiger partial charge on any atom is 0.153 e. The predicted octanol–water partition coefficient (Wildman–Crippen LogP) is 0.999. The maximum absolute atomic E-state index is 11.5. The third-order valence-corrected chi connectivity index (χ3v) is 6.24. The summed E-state index contributed by atoms with van der Waals surface area (Å²) >= 11 is 1.79. The van der Waals surface area contributed by atoms with E-state index in [9.17, 15) is 8.42 Å². The number of sulfone groups is 1. The molecule has 0 aromatic carbocycles. The minimum Gasteiger partial charge on any atom is -0.315 e. The van der Waals surface area contributed by atoms with E-state index in [1.54, 1.807) is 11.3 Å². The Morgan fingerprint density at radius 2 is 2.32 bits per heavy atom. The van der Waals surface area contributed by atoms with Crippen LogP contribution >= 0.6 is 11.3 Å².